The molecular weight excluding hydrogens is 304 g/mol. The number of benzene rings is 1. The van der Waals surface area contributed by atoms with Gasteiger partial charge in [-0.2, -0.15) is 0 Å². The van der Waals surface area contributed by atoms with E-state index in [1.54, 1.807) is 12.1 Å². The second-order valence-electron chi connectivity index (χ2n) is 3.71. The van der Waals surface area contributed by atoms with Gasteiger partial charge in [-0.15, -0.1) is 0 Å². The van der Waals surface area contributed by atoms with Gasteiger partial charge >= 0.3 is 5.97 Å². The number of aldehydes is 1. The van der Waals surface area contributed by atoms with E-state index < -0.39 is 6.10 Å². The highest BCUT2D eigenvalue weighted by molar-refractivity contribution is 9.10. The Morgan fingerprint density at radius 1 is 1.50 bits per heavy atom. The Kier molecular flexibility index (Phi) is 3.86. The van der Waals surface area contributed by atoms with E-state index in [4.69, 9.17) is 14.2 Å². The highest BCUT2D eigenvalue weighted by atomic mass is 79.9. The summed E-state index contributed by atoms with van der Waals surface area (Å²) in [7, 11) is 1.47. The summed E-state index contributed by atoms with van der Waals surface area (Å²) in [5.41, 5.74) is 0.458. The minimum Gasteiger partial charge on any atom is -0.493 e. The number of hydrogen-bond acceptors (Lipinski definition) is 5. The largest absolute Gasteiger partial charge is 0.493 e. The van der Waals surface area contributed by atoms with Gasteiger partial charge in [0.2, 0.25) is 0 Å². The highest BCUT2D eigenvalue weighted by Gasteiger charge is 2.30. The molecule has 0 saturated carbocycles. The zero-order valence-corrected chi connectivity index (χ0v) is 11.2. The summed E-state index contributed by atoms with van der Waals surface area (Å²) < 4.78 is 16.1. The van der Waals surface area contributed by atoms with Crippen LogP contribution < -0.4 is 9.47 Å². The molecule has 1 aliphatic rings. The molecule has 96 valence electrons. The summed E-state index contributed by atoms with van der Waals surface area (Å²) in [4.78, 5) is 22.1. The van der Waals surface area contributed by atoms with E-state index in [2.05, 4.69) is 15.9 Å². The lowest BCUT2D eigenvalue weighted by Gasteiger charge is -2.15. The standard InChI is InChI=1S/C12H11BrO5/c1-16-10-5-7(6-14)4-8(13)11(10)18-9-2-3-17-12(9)15/h4-6,9H,2-3H2,1H3. The monoisotopic (exact) mass is 314 g/mol. The quantitative estimate of drug-likeness (QED) is 0.628. The Balaban J connectivity index is 2.31. The number of esters is 1. The Bertz CT molecular complexity index is 486. The lowest BCUT2D eigenvalue weighted by atomic mass is 10.2. The SMILES string of the molecule is COc1cc(C=O)cc(Br)c1OC1CCOC1=O. The zero-order chi connectivity index (χ0) is 13.1. The molecular formula is C12H11BrO5. The summed E-state index contributed by atoms with van der Waals surface area (Å²) >= 11 is 3.29. The minimum atomic E-state index is -0.628. The topological polar surface area (TPSA) is 61.8 Å². The van der Waals surface area contributed by atoms with Crippen LogP contribution in [0.5, 0.6) is 11.5 Å². The molecule has 0 aliphatic carbocycles. The number of hydrogen-bond donors (Lipinski definition) is 0. The Morgan fingerprint density at radius 3 is 2.83 bits per heavy atom. The third-order valence-electron chi connectivity index (χ3n) is 2.54. The van der Waals surface area contributed by atoms with Crippen LogP contribution in [0, 0.1) is 0 Å². The van der Waals surface area contributed by atoms with E-state index in [-0.39, 0.29) is 5.97 Å². The van der Waals surface area contributed by atoms with Crippen LogP contribution in [0.15, 0.2) is 16.6 Å². The van der Waals surface area contributed by atoms with Crippen molar-refractivity contribution in [2.75, 3.05) is 13.7 Å². The zero-order valence-electron chi connectivity index (χ0n) is 9.64. The van der Waals surface area contributed by atoms with Crippen molar-refractivity contribution in [1.82, 2.24) is 0 Å². The second kappa shape index (κ2) is 5.39. The number of cyclic esters (lactones) is 1. The number of carbonyl (C=O) groups is 2. The molecule has 1 aliphatic heterocycles. The van der Waals surface area contributed by atoms with Crippen molar-refractivity contribution >= 4 is 28.2 Å². The van der Waals surface area contributed by atoms with Crippen LogP contribution >= 0.6 is 15.9 Å². The first-order chi connectivity index (χ1) is 8.65. The molecule has 0 aromatic heterocycles. The van der Waals surface area contributed by atoms with Crippen LogP contribution in [-0.2, 0) is 9.53 Å². The number of halogens is 1. The molecule has 5 nitrogen and oxygen atoms in total. The fraction of sp³-hybridized carbons (Fsp3) is 0.333. The molecule has 18 heavy (non-hydrogen) atoms. The van der Waals surface area contributed by atoms with Gasteiger partial charge in [0.15, 0.2) is 17.6 Å². The fourth-order valence-electron chi connectivity index (χ4n) is 1.65. The first-order valence-electron chi connectivity index (χ1n) is 5.31. The van der Waals surface area contributed by atoms with Crippen molar-refractivity contribution in [2.24, 2.45) is 0 Å². The summed E-state index contributed by atoms with van der Waals surface area (Å²) in [6.07, 6.45) is 0.586. The van der Waals surface area contributed by atoms with Crippen LogP contribution in [0.25, 0.3) is 0 Å². The first kappa shape index (κ1) is 12.9. The molecule has 0 bridgehead atoms. The van der Waals surface area contributed by atoms with Crippen molar-refractivity contribution in [1.29, 1.82) is 0 Å². The van der Waals surface area contributed by atoms with Crippen LogP contribution in [0.4, 0.5) is 0 Å². The molecule has 2 rings (SSSR count). The van der Waals surface area contributed by atoms with Gasteiger partial charge in [-0.1, -0.05) is 0 Å². The normalized spacial score (nSPS) is 18.3. The highest BCUT2D eigenvalue weighted by Crippen LogP contribution is 2.37. The number of carbonyl (C=O) groups excluding carboxylic acids is 2. The van der Waals surface area contributed by atoms with Gasteiger partial charge in [0.25, 0.3) is 0 Å². The van der Waals surface area contributed by atoms with Gasteiger partial charge in [-0.05, 0) is 28.1 Å². The molecule has 1 atom stereocenters. The van der Waals surface area contributed by atoms with E-state index in [0.29, 0.717) is 40.8 Å². The smallest absolute Gasteiger partial charge is 0.347 e. The van der Waals surface area contributed by atoms with E-state index in [9.17, 15) is 9.59 Å². The van der Waals surface area contributed by atoms with Crippen LogP contribution in [0.2, 0.25) is 0 Å². The number of rotatable bonds is 4. The van der Waals surface area contributed by atoms with Crippen LogP contribution in [0.3, 0.4) is 0 Å². The van der Waals surface area contributed by atoms with Gasteiger partial charge in [0, 0.05) is 12.0 Å². The van der Waals surface area contributed by atoms with Gasteiger partial charge in [-0.3, -0.25) is 4.79 Å². The predicted octanol–water partition coefficient (Wildman–Crippen LogP) is 1.96. The van der Waals surface area contributed by atoms with Crippen LogP contribution in [0.1, 0.15) is 16.8 Å². The first-order valence-corrected chi connectivity index (χ1v) is 6.11. The fourth-order valence-corrected chi connectivity index (χ4v) is 2.20. The van der Waals surface area contributed by atoms with Gasteiger partial charge in [-0.25, -0.2) is 4.79 Å². The van der Waals surface area contributed by atoms with Gasteiger partial charge in [0.05, 0.1) is 18.2 Å². The molecule has 1 aromatic carbocycles. The lowest BCUT2D eigenvalue weighted by Crippen LogP contribution is -2.22. The molecule has 1 heterocycles. The van der Waals surface area contributed by atoms with E-state index in [0.717, 1.165) is 0 Å². The maximum Gasteiger partial charge on any atom is 0.347 e. The molecule has 1 saturated heterocycles. The number of ether oxygens (including phenoxy) is 3. The van der Waals surface area contributed by atoms with Gasteiger partial charge < -0.3 is 14.2 Å². The average Bonchev–Trinajstić information content (AvgIpc) is 2.77. The van der Waals surface area contributed by atoms with E-state index in [1.807, 2.05) is 0 Å². The van der Waals surface area contributed by atoms with Crippen molar-refractivity contribution in [2.45, 2.75) is 12.5 Å². The molecule has 1 aromatic rings. The molecule has 0 radical (unpaired) electrons. The van der Waals surface area contributed by atoms with Crippen molar-refractivity contribution in [3.05, 3.63) is 22.2 Å². The lowest BCUT2D eigenvalue weighted by molar-refractivity contribution is -0.143. The van der Waals surface area contributed by atoms with Crippen molar-refractivity contribution in [3.8, 4) is 11.5 Å². The minimum absolute atomic E-state index is 0.357. The molecule has 1 fully saturated rings. The summed E-state index contributed by atoms with van der Waals surface area (Å²) in [6.45, 7) is 0.357. The molecule has 0 spiro atoms. The van der Waals surface area contributed by atoms with E-state index >= 15 is 0 Å². The van der Waals surface area contributed by atoms with Crippen LogP contribution in [-0.4, -0.2) is 32.1 Å². The Morgan fingerprint density at radius 2 is 2.28 bits per heavy atom. The third kappa shape index (κ3) is 2.48. The second-order valence-corrected chi connectivity index (χ2v) is 4.57. The van der Waals surface area contributed by atoms with Crippen molar-refractivity contribution in [3.63, 3.8) is 0 Å². The molecule has 6 heteroatoms. The van der Waals surface area contributed by atoms with E-state index in [1.165, 1.54) is 7.11 Å². The number of methoxy groups -OCH3 is 1. The third-order valence-corrected chi connectivity index (χ3v) is 3.12. The predicted molar refractivity (Wildman–Crippen MR) is 66.1 cm³/mol. The van der Waals surface area contributed by atoms with Gasteiger partial charge in [0.1, 0.15) is 6.29 Å². The maximum atomic E-state index is 11.4. The van der Waals surface area contributed by atoms with Crippen molar-refractivity contribution < 1.29 is 23.8 Å². The molecule has 0 N–H and O–H groups in total. The Labute approximate surface area is 112 Å². The summed E-state index contributed by atoms with van der Waals surface area (Å²) in [5.74, 6) is 0.404. The molecule has 1 unspecified atom stereocenters. The summed E-state index contributed by atoms with van der Waals surface area (Å²) in [5, 5.41) is 0. The average molecular weight is 315 g/mol. The maximum absolute atomic E-state index is 11.4. The summed E-state index contributed by atoms with van der Waals surface area (Å²) in [6, 6.07) is 3.15. The molecule has 0 amide bonds. The Hall–Kier alpha value is -1.56.